The summed E-state index contributed by atoms with van der Waals surface area (Å²) in [6.45, 7) is 12.4. The van der Waals surface area contributed by atoms with Crippen molar-refractivity contribution in [1.82, 2.24) is 4.90 Å². The van der Waals surface area contributed by atoms with Gasteiger partial charge in [0, 0.05) is 6.61 Å². The maximum absolute atomic E-state index is 8.64. The average Bonchev–Trinajstić information content (AvgIpc) is 2.35. The zero-order valence-electron chi connectivity index (χ0n) is 11.7. The molecule has 0 aromatic heterocycles. The molecule has 1 aromatic carbocycles. The molecular formula is C15H27NO. The molecule has 0 fully saturated rings. The topological polar surface area (TPSA) is 23.5 Å². The van der Waals surface area contributed by atoms with E-state index in [1.54, 1.807) is 0 Å². The van der Waals surface area contributed by atoms with Gasteiger partial charge in [-0.25, -0.2) is 0 Å². The smallest absolute Gasteiger partial charge is 0.0471 e. The van der Waals surface area contributed by atoms with Gasteiger partial charge < -0.3 is 10.0 Å². The molecule has 0 unspecified atom stereocenters. The summed E-state index contributed by atoms with van der Waals surface area (Å²) in [5.74, 6) is 0. The first-order valence-corrected chi connectivity index (χ1v) is 6.57. The number of aliphatic hydroxyl groups is 1. The normalized spacial score (nSPS) is 10.0. The van der Waals surface area contributed by atoms with Crippen LogP contribution >= 0.6 is 0 Å². The second-order valence-corrected chi connectivity index (χ2v) is 4.02. The van der Waals surface area contributed by atoms with E-state index in [0.717, 1.165) is 6.42 Å². The minimum atomic E-state index is 0.241. The predicted molar refractivity (Wildman–Crippen MR) is 75.4 cm³/mol. The van der Waals surface area contributed by atoms with Crippen molar-refractivity contribution in [2.75, 3.05) is 26.2 Å². The third-order valence-electron chi connectivity index (χ3n) is 2.98. The lowest BCUT2D eigenvalue weighted by Crippen LogP contribution is -2.21. The molecule has 0 bridgehead atoms. The molecule has 0 heterocycles. The Labute approximate surface area is 106 Å². The number of hydrogen-bond acceptors (Lipinski definition) is 2. The largest absolute Gasteiger partial charge is 0.396 e. The first kappa shape index (κ1) is 16.1. The third-order valence-corrected chi connectivity index (χ3v) is 2.98. The first-order valence-electron chi connectivity index (χ1n) is 6.57. The number of nitrogens with zero attached hydrogens (tertiary/aromatic N) is 1. The van der Waals surface area contributed by atoms with Crippen molar-refractivity contribution >= 4 is 0 Å². The molecule has 1 N–H and O–H groups in total. The van der Waals surface area contributed by atoms with Crippen molar-refractivity contribution in [3.8, 4) is 0 Å². The summed E-state index contributed by atoms with van der Waals surface area (Å²) in [6.07, 6.45) is 0.771. The van der Waals surface area contributed by atoms with E-state index in [1.165, 1.54) is 30.8 Å². The van der Waals surface area contributed by atoms with Crippen LogP contribution in [0.25, 0.3) is 0 Å². The van der Waals surface area contributed by atoms with E-state index in [2.05, 4.69) is 38.7 Å². The Morgan fingerprint density at radius 3 is 1.88 bits per heavy atom. The van der Waals surface area contributed by atoms with Gasteiger partial charge in [0.15, 0.2) is 0 Å². The number of aliphatic hydroxyl groups excluding tert-OH is 1. The molecule has 98 valence electrons. The van der Waals surface area contributed by atoms with Crippen LogP contribution in [-0.2, 0) is 6.42 Å². The van der Waals surface area contributed by atoms with Crippen LogP contribution in [0.1, 0.15) is 31.9 Å². The molecule has 0 amide bonds. The van der Waals surface area contributed by atoms with E-state index in [4.69, 9.17) is 5.11 Å². The van der Waals surface area contributed by atoms with E-state index < -0.39 is 0 Å². The Morgan fingerprint density at radius 2 is 1.53 bits per heavy atom. The van der Waals surface area contributed by atoms with Gasteiger partial charge in [-0.05, 0) is 44.1 Å². The maximum atomic E-state index is 8.64. The second-order valence-electron chi connectivity index (χ2n) is 4.02. The van der Waals surface area contributed by atoms with Gasteiger partial charge in [0.2, 0.25) is 0 Å². The van der Waals surface area contributed by atoms with Crippen molar-refractivity contribution < 1.29 is 5.11 Å². The van der Waals surface area contributed by atoms with Crippen LogP contribution in [0, 0.1) is 6.92 Å². The van der Waals surface area contributed by atoms with Gasteiger partial charge in [-0.3, -0.25) is 0 Å². The summed E-state index contributed by atoms with van der Waals surface area (Å²) < 4.78 is 0. The van der Waals surface area contributed by atoms with Crippen molar-refractivity contribution in [2.45, 2.75) is 34.1 Å². The molecule has 0 radical (unpaired) electrons. The Kier molecular flexibility index (Phi) is 9.78. The fourth-order valence-electron chi connectivity index (χ4n) is 1.68. The fraction of sp³-hybridized carbons (Fsp3) is 0.600. The highest BCUT2D eigenvalue weighted by Crippen LogP contribution is 2.06. The first-order chi connectivity index (χ1) is 8.19. The predicted octanol–water partition coefficient (Wildman–Crippen LogP) is 2.88. The fourth-order valence-corrected chi connectivity index (χ4v) is 1.68. The van der Waals surface area contributed by atoms with Crippen molar-refractivity contribution in [3.05, 3.63) is 35.4 Å². The molecule has 2 nitrogen and oxygen atoms in total. The highest BCUT2D eigenvalue weighted by atomic mass is 16.2. The van der Waals surface area contributed by atoms with Gasteiger partial charge >= 0.3 is 0 Å². The number of aryl methyl sites for hydroxylation is 1. The monoisotopic (exact) mass is 237 g/mol. The lowest BCUT2D eigenvalue weighted by atomic mass is 10.1. The maximum Gasteiger partial charge on any atom is 0.0471 e. The Hall–Kier alpha value is -0.860. The minimum Gasteiger partial charge on any atom is -0.396 e. The van der Waals surface area contributed by atoms with Crippen LogP contribution < -0.4 is 0 Å². The van der Waals surface area contributed by atoms with E-state index in [9.17, 15) is 0 Å². The molecule has 0 spiro atoms. The SMILES string of the molecule is CCN(CC)CC.Cc1ccccc1CCO. The zero-order chi connectivity index (χ0) is 13.1. The summed E-state index contributed by atoms with van der Waals surface area (Å²) in [6, 6.07) is 8.12. The quantitative estimate of drug-likeness (QED) is 0.851. The molecule has 1 rings (SSSR count). The number of rotatable bonds is 5. The van der Waals surface area contributed by atoms with Gasteiger partial charge in [0.1, 0.15) is 0 Å². The molecule has 0 saturated carbocycles. The van der Waals surface area contributed by atoms with Crippen LogP contribution in [0.5, 0.6) is 0 Å². The van der Waals surface area contributed by atoms with Crippen LogP contribution in [0.4, 0.5) is 0 Å². The lowest BCUT2D eigenvalue weighted by molar-refractivity contribution is 0.299. The summed E-state index contributed by atoms with van der Waals surface area (Å²) in [5, 5.41) is 8.64. The standard InChI is InChI=1S/C9H12O.C6H15N/c1-8-4-2-3-5-9(8)6-7-10;1-4-7(5-2)6-3/h2-5,10H,6-7H2,1H3;4-6H2,1-3H3. The van der Waals surface area contributed by atoms with E-state index in [-0.39, 0.29) is 6.61 Å². The van der Waals surface area contributed by atoms with E-state index in [1.807, 2.05) is 18.2 Å². The zero-order valence-corrected chi connectivity index (χ0v) is 11.7. The molecule has 0 aliphatic carbocycles. The summed E-state index contributed by atoms with van der Waals surface area (Å²) in [5.41, 5.74) is 2.50. The molecule has 0 aliphatic heterocycles. The van der Waals surface area contributed by atoms with Gasteiger partial charge in [0.05, 0.1) is 0 Å². The van der Waals surface area contributed by atoms with E-state index >= 15 is 0 Å². The van der Waals surface area contributed by atoms with Gasteiger partial charge in [0.25, 0.3) is 0 Å². The van der Waals surface area contributed by atoms with Crippen LogP contribution in [0.2, 0.25) is 0 Å². The number of benzene rings is 1. The minimum absolute atomic E-state index is 0.241. The molecule has 0 aliphatic rings. The summed E-state index contributed by atoms with van der Waals surface area (Å²) in [4.78, 5) is 2.38. The molecule has 0 saturated heterocycles. The summed E-state index contributed by atoms with van der Waals surface area (Å²) in [7, 11) is 0. The highest BCUT2D eigenvalue weighted by molar-refractivity contribution is 5.25. The van der Waals surface area contributed by atoms with Crippen LogP contribution in [0.15, 0.2) is 24.3 Å². The second kappa shape index (κ2) is 10.3. The Balaban J connectivity index is 0.000000325. The van der Waals surface area contributed by atoms with Crippen LogP contribution in [0.3, 0.4) is 0 Å². The number of hydrogen-bond donors (Lipinski definition) is 1. The highest BCUT2D eigenvalue weighted by Gasteiger charge is 1.93. The van der Waals surface area contributed by atoms with Gasteiger partial charge in [-0.15, -0.1) is 0 Å². The summed E-state index contributed by atoms with van der Waals surface area (Å²) >= 11 is 0. The Bertz CT molecular complexity index is 276. The lowest BCUT2D eigenvalue weighted by Gasteiger charge is -2.13. The van der Waals surface area contributed by atoms with Crippen LogP contribution in [-0.4, -0.2) is 36.2 Å². The average molecular weight is 237 g/mol. The molecular weight excluding hydrogens is 210 g/mol. The van der Waals surface area contributed by atoms with E-state index in [0.29, 0.717) is 0 Å². The van der Waals surface area contributed by atoms with Crippen molar-refractivity contribution in [2.24, 2.45) is 0 Å². The van der Waals surface area contributed by atoms with Gasteiger partial charge in [-0.2, -0.15) is 0 Å². The van der Waals surface area contributed by atoms with Crippen molar-refractivity contribution in [3.63, 3.8) is 0 Å². The molecule has 0 atom stereocenters. The van der Waals surface area contributed by atoms with Gasteiger partial charge in [-0.1, -0.05) is 45.0 Å². The molecule has 17 heavy (non-hydrogen) atoms. The molecule has 1 aromatic rings. The third kappa shape index (κ3) is 7.14. The Morgan fingerprint density at radius 1 is 1.00 bits per heavy atom. The van der Waals surface area contributed by atoms with Crippen molar-refractivity contribution in [1.29, 1.82) is 0 Å². The molecule has 2 heteroatoms.